The maximum absolute atomic E-state index is 11.4. The molecule has 1 fully saturated rings. The molecule has 1 aromatic heterocycles. The van der Waals surface area contributed by atoms with E-state index in [-0.39, 0.29) is 6.04 Å². The van der Waals surface area contributed by atoms with Crippen molar-refractivity contribution >= 4 is 49.2 Å². The number of nitrogens with zero attached hydrogens (tertiary/aromatic N) is 1. The molecular weight excluding hydrogens is 394 g/mol. The summed E-state index contributed by atoms with van der Waals surface area (Å²) in [6.07, 6.45) is 5.25. The summed E-state index contributed by atoms with van der Waals surface area (Å²) >= 11 is 8.64. The summed E-state index contributed by atoms with van der Waals surface area (Å²) < 4.78 is 2.12. The van der Waals surface area contributed by atoms with Crippen molar-refractivity contribution in [3.8, 4) is 0 Å². The van der Waals surface area contributed by atoms with Crippen molar-refractivity contribution in [2.24, 2.45) is 0 Å². The van der Waals surface area contributed by atoms with Gasteiger partial charge in [-0.2, -0.15) is 0 Å². The van der Waals surface area contributed by atoms with Crippen LogP contribution in [0.15, 0.2) is 14.3 Å². The molecule has 1 aliphatic rings. The Morgan fingerprint density at radius 2 is 2.11 bits per heavy atom. The minimum Gasteiger partial charge on any atom is -0.480 e. The first kappa shape index (κ1) is 15.5. The van der Waals surface area contributed by atoms with Crippen LogP contribution in [0.25, 0.3) is 0 Å². The van der Waals surface area contributed by atoms with E-state index in [1.807, 2.05) is 0 Å². The third kappa shape index (κ3) is 4.28. The van der Waals surface area contributed by atoms with Crippen molar-refractivity contribution in [2.75, 3.05) is 6.54 Å². The molecule has 1 unspecified atom stereocenters. The molecule has 0 amide bonds. The van der Waals surface area contributed by atoms with E-state index in [0.717, 1.165) is 47.0 Å². The lowest BCUT2D eigenvalue weighted by molar-refractivity contribution is -0.144. The van der Waals surface area contributed by atoms with E-state index in [1.165, 1.54) is 11.3 Å². The van der Waals surface area contributed by atoms with Crippen LogP contribution >= 0.6 is 43.2 Å². The van der Waals surface area contributed by atoms with Gasteiger partial charge in [-0.3, -0.25) is 9.69 Å². The number of thiophene rings is 1. The molecule has 19 heavy (non-hydrogen) atoms. The number of halogens is 2. The zero-order chi connectivity index (χ0) is 13.8. The zero-order valence-corrected chi connectivity index (χ0v) is 14.6. The van der Waals surface area contributed by atoms with Gasteiger partial charge >= 0.3 is 5.97 Å². The fourth-order valence-electron chi connectivity index (χ4n) is 2.48. The van der Waals surface area contributed by atoms with Gasteiger partial charge in [0.15, 0.2) is 0 Å². The van der Waals surface area contributed by atoms with Crippen LogP contribution in [-0.4, -0.2) is 28.6 Å². The molecule has 1 saturated heterocycles. The first-order chi connectivity index (χ1) is 9.08. The van der Waals surface area contributed by atoms with E-state index in [9.17, 15) is 9.90 Å². The third-order valence-corrected chi connectivity index (χ3v) is 6.69. The number of hydrogen-bond acceptors (Lipinski definition) is 3. The Labute approximate surface area is 134 Å². The second-order valence-electron chi connectivity index (χ2n) is 4.86. The lowest BCUT2D eigenvalue weighted by Gasteiger charge is -2.30. The Hall–Kier alpha value is 0.0900. The van der Waals surface area contributed by atoms with Crippen LogP contribution in [0.2, 0.25) is 0 Å². The van der Waals surface area contributed by atoms with Crippen LogP contribution in [0.4, 0.5) is 0 Å². The van der Waals surface area contributed by atoms with Crippen LogP contribution in [0, 0.1) is 0 Å². The summed E-state index contributed by atoms with van der Waals surface area (Å²) in [6, 6.07) is 1.74. The highest BCUT2D eigenvalue weighted by Crippen LogP contribution is 2.33. The van der Waals surface area contributed by atoms with E-state index in [1.54, 1.807) is 11.3 Å². The van der Waals surface area contributed by atoms with E-state index >= 15 is 0 Å². The standard InChI is InChI=1S/C13H17Br2NO2S/c14-10-7-9(19-12(10)15)8-16-6-4-2-1-3-5-11(16)13(17)18/h7,11H,1-6,8H2,(H,17,18). The van der Waals surface area contributed by atoms with E-state index in [2.05, 4.69) is 42.8 Å². The van der Waals surface area contributed by atoms with Gasteiger partial charge < -0.3 is 5.11 Å². The molecule has 6 heteroatoms. The highest BCUT2D eigenvalue weighted by Gasteiger charge is 2.26. The maximum Gasteiger partial charge on any atom is 0.320 e. The Balaban J connectivity index is 2.10. The monoisotopic (exact) mass is 409 g/mol. The number of likely N-dealkylation sites (tertiary alicyclic amines) is 1. The molecule has 1 N–H and O–H groups in total. The second kappa shape index (κ2) is 7.20. The van der Waals surface area contributed by atoms with Gasteiger partial charge in [0, 0.05) is 15.9 Å². The van der Waals surface area contributed by atoms with Crippen LogP contribution in [0.3, 0.4) is 0 Å². The van der Waals surface area contributed by atoms with Gasteiger partial charge in [0.2, 0.25) is 0 Å². The Morgan fingerprint density at radius 3 is 2.74 bits per heavy atom. The fourth-order valence-corrected chi connectivity index (χ4v) is 4.69. The first-order valence-corrected chi connectivity index (χ1v) is 8.88. The Bertz CT molecular complexity index is 430. The van der Waals surface area contributed by atoms with Gasteiger partial charge in [-0.1, -0.05) is 19.3 Å². The normalized spacial score (nSPS) is 21.9. The summed E-state index contributed by atoms with van der Waals surface area (Å²) in [5.74, 6) is -0.684. The largest absolute Gasteiger partial charge is 0.480 e. The zero-order valence-electron chi connectivity index (χ0n) is 10.6. The van der Waals surface area contributed by atoms with Crippen molar-refractivity contribution in [1.29, 1.82) is 0 Å². The van der Waals surface area contributed by atoms with Gasteiger partial charge in [-0.15, -0.1) is 11.3 Å². The van der Waals surface area contributed by atoms with Gasteiger partial charge in [-0.25, -0.2) is 0 Å². The molecule has 1 aliphatic heterocycles. The van der Waals surface area contributed by atoms with Crippen molar-refractivity contribution in [1.82, 2.24) is 4.90 Å². The van der Waals surface area contributed by atoms with Crippen LogP contribution in [0.1, 0.15) is 37.0 Å². The summed E-state index contributed by atoms with van der Waals surface area (Å²) in [5, 5.41) is 9.41. The van der Waals surface area contributed by atoms with E-state index in [0.29, 0.717) is 0 Å². The molecule has 3 nitrogen and oxygen atoms in total. The molecule has 0 saturated carbocycles. The van der Waals surface area contributed by atoms with Crippen molar-refractivity contribution in [2.45, 2.75) is 44.7 Å². The molecule has 0 bridgehead atoms. The van der Waals surface area contributed by atoms with Crippen LogP contribution < -0.4 is 0 Å². The predicted octanol–water partition coefficient (Wildman–Crippen LogP) is 4.49. The molecule has 1 aromatic rings. The lowest BCUT2D eigenvalue weighted by atomic mass is 10.0. The molecule has 0 aromatic carbocycles. The van der Waals surface area contributed by atoms with E-state index in [4.69, 9.17) is 0 Å². The van der Waals surface area contributed by atoms with Gasteiger partial charge in [-0.05, 0) is 57.3 Å². The molecule has 2 heterocycles. The summed E-state index contributed by atoms with van der Waals surface area (Å²) in [4.78, 5) is 14.8. The number of hydrogen-bond donors (Lipinski definition) is 1. The van der Waals surface area contributed by atoms with Crippen LogP contribution in [-0.2, 0) is 11.3 Å². The van der Waals surface area contributed by atoms with Crippen molar-refractivity contribution in [3.05, 3.63) is 19.2 Å². The molecule has 2 rings (SSSR count). The SMILES string of the molecule is O=C(O)C1CCCCCCN1Cc1cc(Br)c(Br)s1. The minimum atomic E-state index is -0.684. The van der Waals surface area contributed by atoms with Gasteiger partial charge in [0.1, 0.15) is 6.04 Å². The van der Waals surface area contributed by atoms with Crippen LogP contribution in [0.5, 0.6) is 0 Å². The minimum absolute atomic E-state index is 0.333. The number of aliphatic carboxylic acids is 1. The number of carboxylic acid groups (broad SMARTS) is 1. The summed E-state index contributed by atoms with van der Waals surface area (Å²) in [5.41, 5.74) is 0. The number of carbonyl (C=O) groups is 1. The molecule has 0 spiro atoms. The average Bonchev–Trinajstić information content (AvgIpc) is 2.61. The lowest BCUT2D eigenvalue weighted by Crippen LogP contribution is -2.41. The summed E-state index contributed by atoms with van der Waals surface area (Å²) in [6.45, 7) is 1.61. The second-order valence-corrected chi connectivity index (χ2v) is 8.17. The summed E-state index contributed by atoms with van der Waals surface area (Å²) in [7, 11) is 0. The van der Waals surface area contributed by atoms with Gasteiger partial charge in [0.25, 0.3) is 0 Å². The molecule has 1 atom stereocenters. The maximum atomic E-state index is 11.4. The predicted molar refractivity (Wildman–Crippen MR) is 84.6 cm³/mol. The number of carboxylic acids is 1. The van der Waals surface area contributed by atoms with Crippen molar-refractivity contribution < 1.29 is 9.90 Å². The first-order valence-electron chi connectivity index (χ1n) is 6.48. The average molecular weight is 411 g/mol. The quantitative estimate of drug-likeness (QED) is 0.797. The molecule has 106 valence electrons. The third-order valence-electron chi connectivity index (χ3n) is 3.45. The van der Waals surface area contributed by atoms with Crippen molar-refractivity contribution in [3.63, 3.8) is 0 Å². The molecule has 0 radical (unpaired) electrons. The van der Waals surface area contributed by atoms with E-state index < -0.39 is 5.97 Å². The fraction of sp³-hybridized carbons (Fsp3) is 0.615. The topological polar surface area (TPSA) is 40.5 Å². The molecule has 0 aliphatic carbocycles. The smallest absolute Gasteiger partial charge is 0.320 e. The Kier molecular flexibility index (Phi) is 5.87. The highest BCUT2D eigenvalue weighted by molar-refractivity contribution is 9.13. The molecular formula is C13H17Br2NO2S. The number of rotatable bonds is 3. The van der Waals surface area contributed by atoms with Gasteiger partial charge in [0.05, 0.1) is 3.79 Å². The highest BCUT2D eigenvalue weighted by atomic mass is 79.9. The Morgan fingerprint density at radius 1 is 1.37 bits per heavy atom.